The molecule has 1 aromatic heterocycles. The molecular formula is C16H20N4O2. The molecule has 0 aliphatic heterocycles. The van der Waals surface area contributed by atoms with Crippen LogP contribution in [0.15, 0.2) is 36.5 Å². The molecule has 0 aliphatic carbocycles. The fourth-order valence-corrected chi connectivity index (χ4v) is 2.19. The maximum atomic E-state index is 12.0. The van der Waals surface area contributed by atoms with Gasteiger partial charge in [-0.05, 0) is 18.4 Å². The summed E-state index contributed by atoms with van der Waals surface area (Å²) >= 11 is 0. The molecule has 116 valence electrons. The van der Waals surface area contributed by atoms with Crippen molar-refractivity contribution < 1.29 is 9.59 Å². The number of anilines is 1. The maximum absolute atomic E-state index is 12.0. The van der Waals surface area contributed by atoms with Crippen LogP contribution in [0.5, 0.6) is 0 Å². The second kappa shape index (κ2) is 7.40. The van der Waals surface area contributed by atoms with Gasteiger partial charge in [-0.25, -0.2) is 4.98 Å². The summed E-state index contributed by atoms with van der Waals surface area (Å²) in [5.74, 6) is 0.145. The predicted octanol–water partition coefficient (Wildman–Crippen LogP) is 0.861. The van der Waals surface area contributed by atoms with E-state index in [2.05, 4.69) is 10.3 Å². The lowest BCUT2D eigenvalue weighted by Gasteiger charge is -2.13. The van der Waals surface area contributed by atoms with Gasteiger partial charge in [-0.3, -0.25) is 4.79 Å². The lowest BCUT2D eigenvalue weighted by atomic mass is 10.1. The first kappa shape index (κ1) is 15.8. The minimum absolute atomic E-state index is 0.149. The van der Waals surface area contributed by atoms with Crippen LogP contribution in [-0.2, 0) is 29.5 Å². The topological polar surface area (TPSA) is 90.0 Å². The highest BCUT2D eigenvalue weighted by molar-refractivity contribution is 5.81. The Balaban J connectivity index is 1.85. The SMILES string of the molecule is Cn1c(CC(=O)N[C@H](C=O)CCc2ccccc2)cnc1N. The van der Waals surface area contributed by atoms with Crippen molar-refractivity contribution in [2.45, 2.75) is 25.3 Å². The van der Waals surface area contributed by atoms with Crippen molar-refractivity contribution in [3.63, 3.8) is 0 Å². The zero-order chi connectivity index (χ0) is 15.9. The molecule has 3 N–H and O–H groups in total. The number of hydrogen-bond donors (Lipinski definition) is 2. The standard InChI is InChI=1S/C16H20N4O2/c1-20-14(10-18-16(20)17)9-15(22)19-13(11-21)8-7-12-5-3-2-4-6-12/h2-6,10-11,13H,7-9H2,1H3,(H2,17,18)(H,19,22)/t13-/m0/s1. The summed E-state index contributed by atoms with van der Waals surface area (Å²) in [6.45, 7) is 0. The summed E-state index contributed by atoms with van der Waals surface area (Å²) in [6.07, 6.45) is 3.81. The minimum Gasteiger partial charge on any atom is -0.369 e. The zero-order valence-electron chi connectivity index (χ0n) is 12.5. The highest BCUT2D eigenvalue weighted by atomic mass is 16.2. The van der Waals surface area contributed by atoms with Gasteiger partial charge in [0.25, 0.3) is 0 Å². The summed E-state index contributed by atoms with van der Waals surface area (Å²) in [5, 5.41) is 2.73. The first-order valence-electron chi connectivity index (χ1n) is 7.15. The normalized spacial score (nSPS) is 11.9. The highest BCUT2D eigenvalue weighted by Crippen LogP contribution is 2.07. The number of benzene rings is 1. The Morgan fingerprint density at radius 1 is 1.41 bits per heavy atom. The fourth-order valence-electron chi connectivity index (χ4n) is 2.19. The molecule has 0 unspecified atom stereocenters. The molecular weight excluding hydrogens is 280 g/mol. The van der Waals surface area contributed by atoms with Gasteiger partial charge in [0.15, 0.2) is 5.95 Å². The number of imidazole rings is 1. The Bertz CT molecular complexity index is 637. The van der Waals surface area contributed by atoms with Crippen molar-refractivity contribution in [2.75, 3.05) is 5.73 Å². The van der Waals surface area contributed by atoms with E-state index in [1.165, 1.54) is 0 Å². The van der Waals surface area contributed by atoms with Crippen molar-refractivity contribution in [3.05, 3.63) is 47.8 Å². The van der Waals surface area contributed by atoms with Crippen molar-refractivity contribution in [1.82, 2.24) is 14.9 Å². The Morgan fingerprint density at radius 3 is 2.73 bits per heavy atom. The van der Waals surface area contributed by atoms with Gasteiger partial charge in [-0.15, -0.1) is 0 Å². The number of carbonyl (C=O) groups excluding carboxylic acids is 2. The van der Waals surface area contributed by atoms with Crippen molar-refractivity contribution in [2.24, 2.45) is 7.05 Å². The third kappa shape index (κ3) is 4.18. The third-order valence-corrected chi connectivity index (χ3v) is 3.56. The highest BCUT2D eigenvalue weighted by Gasteiger charge is 2.14. The molecule has 0 saturated carbocycles. The molecule has 0 aliphatic rings. The Labute approximate surface area is 129 Å². The van der Waals surface area contributed by atoms with Gasteiger partial charge in [0.2, 0.25) is 5.91 Å². The molecule has 1 amide bonds. The summed E-state index contributed by atoms with van der Waals surface area (Å²) in [5.41, 5.74) is 7.47. The van der Waals surface area contributed by atoms with E-state index in [0.29, 0.717) is 18.1 Å². The third-order valence-electron chi connectivity index (χ3n) is 3.56. The molecule has 22 heavy (non-hydrogen) atoms. The molecule has 6 nitrogen and oxygen atoms in total. The minimum atomic E-state index is -0.488. The van der Waals surface area contributed by atoms with Gasteiger partial charge in [0.1, 0.15) is 6.29 Å². The summed E-state index contributed by atoms with van der Waals surface area (Å²) in [6, 6.07) is 9.37. The number of hydrogen-bond acceptors (Lipinski definition) is 4. The summed E-state index contributed by atoms with van der Waals surface area (Å²) < 4.78 is 1.65. The van der Waals surface area contributed by atoms with Crippen molar-refractivity contribution in [3.8, 4) is 0 Å². The van der Waals surface area contributed by atoms with Crippen LogP contribution in [0.3, 0.4) is 0 Å². The van der Waals surface area contributed by atoms with Gasteiger partial charge in [0, 0.05) is 12.7 Å². The van der Waals surface area contributed by atoms with E-state index in [-0.39, 0.29) is 12.3 Å². The van der Waals surface area contributed by atoms with Crippen molar-refractivity contribution >= 4 is 18.1 Å². The average Bonchev–Trinajstić information content (AvgIpc) is 2.84. The van der Waals surface area contributed by atoms with Crippen LogP contribution in [0.2, 0.25) is 0 Å². The number of nitrogens with zero attached hydrogens (tertiary/aromatic N) is 2. The lowest BCUT2D eigenvalue weighted by Crippen LogP contribution is -2.37. The quantitative estimate of drug-likeness (QED) is 0.742. The molecule has 0 spiro atoms. The van der Waals surface area contributed by atoms with E-state index in [4.69, 9.17) is 5.73 Å². The molecule has 2 aromatic rings. The number of aldehydes is 1. The second-order valence-electron chi connectivity index (χ2n) is 5.18. The second-order valence-corrected chi connectivity index (χ2v) is 5.18. The van der Waals surface area contributed by atoms with E-state index in [0.717, 1.165) is 18.3 Å². The van der Waals surface area contributed by atoms with Crippen LogP contribution in [0.4, 0.5) is 5.95 Å². The molecule has 1 heterocycles. The van der Waals surface area contributed by atoms with Gasteiger partial charge in [-0.2, -0.15) is 0 Å². The van der Waals surface area contributed by atoms with Crippen LogP contribution in [0.1, 0.15) is 17.7 Å². The first-order chi connectivity index (χ1) is 10.6. The molecule has 0 radical (unpaired) electrons. The molecule has 0 saturated heterocycles. The molecule has 2 rings (SSSR count). The number of nitrogens with one attached hydrogen (secondary N) is 1. The molecule has 1 atom stereocenters. The number of carbonyl (C=O) groups is 2. The van der Waals surface area contributed by atoms with Gasteiger partial charge < -0.3 is 20.4 Å². The Kier molecular flexibility index (Phi) is 5.30. The monoisotopic (exact) mass is 300 g/mol. The van der Waals surface area contributed by atoms with E-state index in [1.807, 2.05) is 30.3 Å². The van der Waals surface area contributed by atoms with Crippen molar-refractivity contribution in [1.29, 1.82) is 0 Å². The van der Waals surface area contributed by atoms with Crippen LogP contribution in [-0.4, -0.2) is 27.8 Å². The van der Waals surface area contributed by atoms with E-state index < -0.39 is 6.04 Å². The molecule has 0 bridgehead atoms. The van der Waals surface area contributed by atoms with Crippen LogP contribution in [0.25, 0.3) is 0 Å². The number of rotatable bonds is 7. The number of aromatic nitrogens is 2. The van der Waals surface area contributed by atoms with E-state index in [9.17, 15) is 9.59 Å². The predicted molar refractivity (Wildman–Crippen MR) is 84.1 cm³/mol. The van der Waals surface area contributed by atoms with E-state index in [1.54, 1.807) is 17.8 Å². The molecule has 0 fully saturated rings. The Morgan fingerprint density at radius 2 is 2.14 bits per heavy atom. The lowest BCUT2D eigenvalue weighted by molar-refractivity contribution is -0.123. The van der Waals surface area contributed by atoms with Crippen LogP contribution < -0.4 is 11.1 Å². The number of amides is 1. The van der Waals surface area contributed by atoms with Crippen LogP contribution in [0, 0.1) is 0 Å². The van der Waals surface area contributed by atoms with Gasteiger partial charge in [-0.1, -0.05) is 30.3 Å². The van der Waals surface area contributed by atoms with Gasteiger partial charge in [0.05, 0.1) is 18.7 Å². The largest absolute Gasteiger partial charge is 0.369 e. The zero-order valence-corrected chi connectivity index (χ0v) is 12.5. The van der Waals surface area contributed by atoms with Crippen LogP contribution >= 0.6 is 0 Å². The number of nitrogens with two attached hydrogens (primary N) is 1. The average molecular weight is 300 g/mol. The molecule has 1 aromatic carbocycles. The summed E-state index contributed by atoms with van der Waals surface area (Å²) in [7, 11) is 1.75. The number of aryl methyl sites for hydroxylation is 1. The number of nitrogen functional groups attached to an aromatic ring is 1. The maximum Gasteiger partial charge on any atom is 0.226 e. The first-order valence-corrected chi connectivity index (χ1v) is 7.15. The Hall–Kier alpha value is -2.63. The van der Waals surface area contributed by atoms with E-state index >= 15 is 0 Å². The molecule has 6 heteroatoms. The summed E-state index contributed by atoms with van der Waals surface area (Å²) in [4.78, 5) is 27.1. The smallest absolute Gasteiger partial charge is 0.226 e. The fraction of sp³-hybridized carbons (Fsp3) is 0.312. The van der Waals surface area contributed by atoms with Gasteiger partial charge >= 0.3 is 0 Å².